The predicted molar refractivity (Wildman–Crippen MR) is 137 cm³/mol. The maximum atomic E-state index is 13.6. The smallest absolute Gasteiger partial charge is 0.257 e. The van der Waals surface area contributed by atoms with Gasteiger partial charge in [0.05, 0.1) is 23.9 Å². The molecule has 3 aromatic carbocycles. The lowest BCUT2D eigenvalue weighted by molar-refractivity contribution is 0.0749. The minimum Gasteiger partial charge on any atom is -0.495 e. The number of rotatable bonds is 4. The summed E-state index contributed by atoms with van der Waals surface area (Å²) in [5.41, 5.74) is 3.49. The van der Waals surface area contributed by atoms with Crippen molar-refractivity contribution in [3.63, 3.8) is 0 Å². The molecule has 0 radical (unpaired) electrons. The van der Waals surface area contributed by atoms with E-state index in [1.54, 1.807) is 7.11 Å². The van der Waals surface area contributed by atoms with Crippen molar-refractivity contribution in [1.82, 2.24) is 9.47 Å². The zero-order valence-electron chi connectivity index (χ0n) is 18.3. The molecule has 0 spiro atoms. The zero-order valence-corrected chi connectivity index (χ0v) is 19.9. The molecule has 0 unspecified atom stereocenters. The number of aromatic nitrogens is 1. The Bertz CT molecular complexity index is 1270. The fraction of sp³-hybridized carbons (Fsp3) is 0.192. The van der Waals surface area contributed by atoms with Crippen LogP contribution in [-0.2, 0) is 0 Å². The van der Waals surface area contributed by atoms with Crippen LogP contribution in [0.3, 0.4) is 0 Å². The molecule has 33 heavy (non-hydrogen) atoms. The molecular weight excluding hydrogens is 457 g/mol. The fourth-order valence-electron chi connectivity index (χ4n) is 4.44. The number of methoxy groups -OCH3 is 1. The highest BCUT2D eigenvalue weighted by Crippen LogP contribution is 2.34. The maximum Gasteiger partial charge on any atom is 0.257 e. The van der Waals surface area contributed by atoms with Gasteiger partial charge >= 0.3 is 0 Å². The number of hydrogen-bond donors (Lipinski definition) is 0. The van der Waals surface area contributed by atoms with Crippen molar-refractivity contribution in [2.45, 2.75) is 0 Å². The van der Waals surface area contributed by atoms with Crippen LogP contribution in [0.2, 0.25) is 5.15 Å². The van der Waals surface area contributed by atoms with Gasteiger partial charge in [0.25, 0.3) is 5.91 Å². The van der Waals surface area contributed by atoms with E-state index in [0.29, 0.717) is 23.8 Å². The molecule has 5 nitrogen and oxygen atoms in total. The Hall–Kier alpha value is -3.15. The lowest BCUT2D eigenvalue weighted by Gasteiger charge is -2.36. The molecule has 0 N–H and O–H groups in total. The minimum atomic E-state index is -0.0273. The van der Waals surface area contributed by atoms with Crippen LogP contribution in [0.25, 0.3) is 16.6 Å². The van der Waals surface area contributed by atoms with E-state index < -0.39 is 0 Å². The summed E-state index contributed by atoms with van der Waals surface area (Å²) in [7, 11) is 1.68. The molecule has 1 saturated heterocycles. The van der Waals surface area contributed by atoms with E-state index in [1.165, 1.54) is 0 Å². The molecule has 1 aliphatic heterocycles. The van der Waals surface area contributed by atoms with E-state index in [0.717, 1.165) is 41.1 Å². The number of hydrogen-bond acceptors (Lipinski definition) is 3. The van der Waals surface area contributed by atoms with Crippen molar-refractivity contribution in [3.05, 3.63) is 89.6 Å². The van der Waals surface area contributed by atoms with Gasteiger partial charge in [0.2, 0.25) is 0 Å². The second-order valence-corrected chi connectivity index (χ2v) is 8.16. The molecule has 0 saturated carbocycles. The van der Waals surface area contributed by atoms with Crippen LogP contribution >= 0.6 is 24.0 Å². The number of ether oxygens (including phenoxy) is 1. The minimum absolute atomic E-state index is 0. The molecular formula is C26H25Cl2N3O2. The summed E-state index contributed by atoms with van der Waals surface area (Å²) < 4.78 is 7.46. The van der Waals surface area contributed by atoms with Gasteiger partial charge in [-0.3, -0.25) is 9.36 Å². The number of anilines is 1. The molecule has 4 aromatic rings. The van der Waals surface area contributed by atoms with Crippen LogP contribution in [0.1, 0.15) is 10.4 Å². The lowest BCUT2D eigenvalue weighted by Crippen LogP contribution is -2.48. The first-order valence-corrected chi connectivity index (χ1v) is 11.1. The monoisotopic (exact) mass is 481 g/mol. The van der Waals surface area contributed by atoms with Crippen molar-refractivity contribution in [3.8, 4) is 11.4 Å². The van der Waals surface area contributed by atoms with E-state index in [-0.39, 0.29) is 18.3 Å². The number of halogens is 2. The van der Waals surface area contributed by atoms with Crippen molar-refractivity contribution in [2.24, 2.45) is 0 Å². The summed E-state index contributed by atoms with van der Waals surface area (Å²) in [6, 6.07) is 25.8. The number of carbonyl (C=O) groups is 1. The highest BCUT2D eigenvalue weighted by atomic mass is 35.5. The number of nitrogens with zero attached hydrogens (tertiary/aromatic N) is 3. The number of benzene rings is 3. The summed E-state index contributed by atoms with van der Waals surface area (Å²) in [6.07, 6.45) is 0. The van der Waals surface area contributed by atoms with Crippen molar-refractivity contribution in [1.29, 1.82) is 0 Å². The van der Waals surface area contributed by atoms with E-state index in [2.05, 4.69) is 11.0 Å². The number of carbonyl (C=O) groups excluding carboxylic acids is 1. The van der Waals surface area contributed by atoms with Gasteiger partial charge in [-0.15, -0.1) is 12.4 Å². The predicted octanol–water partition coefficient (Wildman–Crippen LogP) is 5.68. The summed E-state index contributed by atoms with van der Waals surface area (Å²) in [4.78, 5) is 17.8. The summed E-state index contributed by atoms with van der Waals surface area (Å²) in [5, 5.41) is 1.33. The average molecular weight is 482 g/mol. The van der Waals surface area contributed by atoms with Gasteiger partial charge in [-0.1, -0.05) is 60.1 Å². The Balaban J connectivity index is 0.00000259. The molecule has 1 fully saturated rings. The van der Waals surface area contributed by atoms with Crippen LogP contribution in [-0.4, -0.2) is 48.7 Å². The highest BCUT2D eigenvalue weighted by molar-refractivity contribution is 6.36. The SMILES string of the molecule is COc1ccccc1N1CCN(C(=O)c2c(Cl)n(-c3ccccc3)c3ccccc23)CC1.Cl. The Kier molecular flexibility index (Phi) is 6.82. The molecule has 170 valence electrons. The second-order valence-electron chi connectivity index (χ2n) is 7.81. The third-order valence-electron chi connectivity index (χ3n) is 6.04. The average Bonchev–Trinajstić information content (AvgIpc) is 3.15. The van der Waals surface area contributed by atoms with Crippen molar-refractivity contribution < 1.29 is 9.53 Å². The Morgan fingerprint density at radius 3 is 2.21 bits per heavy atom. The first kappa shape index (κ1) is 23.0. The molecule has 0 aliphatic carbocycles. The number of para-hydroxylation sites is 4. The van der Waals surface area contributed by atoms with Gasteiger partial charge in [0, 0.05) is 37.3 Å². The Morgan fingerprint density at radius 2 is 1.48 bits per heavy atom. The van der Waals surface area contributed by atoms with Crippen LogP contribution in [0.5, 0.6) is 5.75 Å². The maximum absolute atomic E-state index is 13.6. The number of amides is 1. The first-order chi connectivity index (χ1) is 15.7. The fourth-order valence-corrected chi connectivity index (χ4v) is 4.81. The molecule has 5 rings (SSSR count). The van der Waals surface area contributed by atoms with Crippen LogP contribution in [0, 0.1) is 0 Å². The first-order valence-electron chi connectivity index (χ1n) is 10.7. The summed E-state index contributed by atoms with van der Waals surface area (Å²) in [5.74, 6) is 0.821. The quantitative estimate of drug-likeness (QED) is 0.376. The number of fused-ring (bicyclic) bond motifs is 1. The van der Waals surface area contributed by atoms with E-state index in [4.69, 9.17) is 16.3 Å². The van der Waals surface area contributed by atoms with Gasteiger partial charge < -0.3 is 14.5 Å². The Labute approximate surface area is 204 Å². The Morgan fingerprint density at radius 1 is 0.848 bits per heavy atom. The van der Waals surface area contributed by atoms with Crippen molar-refractivity contribution in [2.75, 3.05) is 38.2 Å². The third kappa shape index (κ3) is 4.14. The molecule has 0 atom stereocenters. The van der Waals surface area contributed by atoms with E-state index >= 15 is 0 Å². The largest absolute Gasteiger partial charge is 0.495 e. The lowest BCUT2D eigenvalue weighted by atomic mass is 10.1. The highest BCUT2D eigenvalue weighted by Gasteiger charge is 2.29. The molecule has 7 heteroatoms. The van der Waals surface area contributed by atoms with Gasteiger partial charge in [-0.05, 0) is 30.3 Å². The topological polar surface area (TPSA) is 37.7 Å². The standard InChI is InChI=1S/C26H24ClN3O2.ClH/c1-32-23-14-8-7-13-22(23)28-15-17-29(18-16-28)26(31)24-20-11-5-6-12-21(20)30(25(24)27)19-9-3-2-4-10-19;/h2-14H,15-18H2,1H3;1H. The van der Waals surface area contributed by atoms with E-state index in [1.807, 2.05) is 82.3 Å². The molecule has 1 amide bonds. The normalized spacial score (nSPS) is 13.6. The van der Waals surface area contributed by atoms with Crippen LogP contribution in [0.4, 0.5) is 5.69 Å². The van der Waals surface area contributed by atoms with E-state index in [9.17, 15) is 4.79 Å². The van der Waals surface area contributed by atoms with Crippen LogP contribution in [0.15, 0.2) is 78.9 Å². The van der Waals surface area contributed by atoms with Gasteiger partial charge in [-0.2, -0.15) is 0 Å². The summed E-state index contributed by atoms with van der Waals surface area (Å²) in [6.45, 7) is 2.72. The number of piperazine rings is 1. The molecule has 2 heterocycles. The molecule has 1 aromatic heterocycles. The summed E-state index contributed by atoms with van der Waals surface area (Å²) >= 11 is 6.85. The van der Waals surface area contributed by atoms with Gasteiger partial charge in [-0.25, -0.2) is 0 Å². The van der Waals surface area contributed by atoms with Gasteiger partial charge in [0.1, 0.15) is 10.9 Å². The molecule has 0 bridgehead atoms. The second kappa shape index (κ2) is 9.77. The van der Waals surface area contributed by atoms with Crippen molar-refractivity contribution >= 4 is 46.5 Å². The van der Waals surface area contributed by atoms with Crippen LogP contribution < -0.4 is 9.64 Å². The molecule has 1 aliphatic rings. The zero-order chi connectivity index (χ0) is 22.1. The van der Waals surface area contributed by atoms with Gasteiger partial charge in [0.15, 0.2) is 0 Å². The third-order valence-corrected chi connectivity index (χ3v) is 6.40.